The molecule has 0 radical (unpaired) electrons. The number of carbonyl (C=O) groups excluding carboxylic acids is 1. The van der Waals surface area contributed by atoms with Crippen molar-refractivity contribution in [3.8, 4) is 6.07 Å². The molecule has 72 valence electrons. The molecule has 0 amide bonds. The van der Waals surface area contributed by atoms with Crippen molar-refractivity contribution >= 4 is 16.6 Å². The van der Waals surface area contributed by atoms with E-state index in [9.17, 15) is 4.79 Å². The second-order valence-corrected chi connectivity index (χ2v) is 3.41. The predicted octanol–water partition coefficient (Wildman–Crippen LogP) is 2.91. The normalized spacial score (nSPS) is 9.87. The Bertz CT molecular complexity index is 579. The van der Waals surface area contributed by atoms with Crippen molar-refractivity contribution in [3.05, 3.63) is 47.5 Å². The molecule has 0 saturated heterocycles. The summed E-state index contributed by atoms with van der Waals surface area (Å²) in [4.78, 5) is 11.3. The van der Waals surface area contributed by atoms with Gasteiger partial charge >= 0.3 is 0 Å². The zero-order valence-electron chi connectivity index (χ0n) is 8.32. The highest BCUT2D eigenvalue weighted by molar-refractivity contribution is 6.07. The van der Waals surface area contributed by atoms with E-state index in [1.807, 2.05) is 18.2 Å². The Morgan fingerprint density at radius 2 is 2.07 bits per heavy atom. The van der Waals surface area contributed by atoms with Crippen LogP contribution < -0.4 is 0 Å². The van der Waals surface area contributed by atoms with Crippen molar-refractivity contribution in [2.45, 2.75) is 6.92 Å². The molecular weight excluding hydrogens is 186 g/mol. The lowest BCUT2D eigenvalue weighted by Crippen LogP contribution is -1.93. The minimum atomic E-state index is 0.0466. The maximum atomic E-state index is 11.3. The van der Waals surface area contributed by atoms with Crippen LogP contribution in [0.15, 0.2) is 36.4 Å². The van der Waals surface area contributed by atoms with E-state index >= 15 is 0 Å². The Hall–Kier alpha value is -2.14. The second kappa shape index (κ2) is 3.55. The summed E-state index contributed by atoms with van der Waals surface area (Å²) in [6.07, 6.45) is 0. The Kier molecular flexibility index (Phi) is 2.23. The topological polar surface area (TPSA) is 40.9 Å². The summed E-state index contributed by atoms with van der Waals surface area (Å²) in [7, 11) is 0. The van der Waals surface area contributed by atoms with Gasteiger partial charge in [-0.2, -0.15) is 5.26 Å². The first kappa shape index (κ1) is 9.42. The van der Waals surface area contributed by atoms with Crippen molar-refractivity contribution in [1.82, 2.24) is 0 Å². The van der Waals surface area contributed by atoms with Crippen LogP contribution in [0.4, 0.5) is 0 Å². The van der Waals surface area contributed by atoms with Gasteiger partial charge in [0.1, 0.15) is 0 Å². The van der Waals surface area contributed by atoms with E-state index in [0.717, 1.165) is 10.8 Å². The van der Waals surface area contributed by atoms with Crippen molar-refractivity contribution in [3.63, 3.8) is 0 Å². The van der Waals surface area contributed by atoms with E-state index in [1.54, 1.807) is 25.1 Å². The molecule has 0 atom stereocenters. The van der Waals surface area contributed by atoms with Gasteiger partial charge in [0.15, 0.2) is 5.78 Å². The molecule has 0 aliphatic rings. The van der Waals surface area contributed by atoms with Crippen LogP contribution in [0.25, 0.3) is 10.8 Å². The Balaban J connectivity index is 2.79. The molecule has 0 bridgehead atoms. The number of hydrogen-bond acceptors (Lipinski definition) is 2. The maximum absolute atomic E-state index is 11.3. The maximum Gasteiger partial charge on any atom is 0.160 e. The molecule has 2 aromatic rings. The van der Waals surface area contributed by atoms with Gasteiger partial charge in [0.05, 0.1) is 11.6 Å². The first-order valence-electron chi connectivity index (χ1n) is 4.66. The average Bonchev–Trinajstić information content (AvgIpc) is 2.27. The molecule has 0 heterocycles. The van der Waals surface area contributed by atoms with E-state index < -0.39 is 0 Å². The molecule has 15 heavy (non-hydrogen) atoms. The van der Waals surface area contributed by atoms with Crippen LogP contribution in [-0.2, 0) is 0 Å². The lowest BCUT2D eigenvalue weighted by atomic mass is 10.0. The lowest BCUT2D eigenvalue weighted by molar-refractivity contribution is 0.101. The van der Waals surface area contributed by atoms with Crippen LogP contribution in [0.3, 0.4) is 0 Å². The van der Waals surface area contributed by atoms with Gasteiger partial charge in [0.25, 0.3) is 0 Å². The van der Waals surface area contributed by atoms with E-state index in [-0.39, 0.29) is 5.78 Å². The van der Waals surface area contributed by atoms with Gasteiger partial charge in [-0.3, -0.25) is 4.79 Å². The molecule has 2 aromatic carbocycles. The van der Waals surface area contributed by atoms with Gasteiger partial charge in [0, 0.05) is 5.56 Å². The number of ketones is 1. The number of carbonyl (C=O) groups is 1. The van der Waals surface area contributed by atoms with Gasteiger partial charge < -0.3 is 0 Å². The molecule has 0 spiro atoms. The van der Waals surface area contributed by atoms with Gasteiger partial charge in [-0.25, -0.2) is 0 Å². The van der Waals surface area contributed by atoms with Crippen molar-refractivity contribution in [1.29, 1.82) is 5.26 Å². The van der Waals surface area contributed by atoms with Crippen LogP contribution in [0, 0.1) is 11.3 Å². The number of nitriles is 1. The standard InChI is InChI=1S/C13H9NO/c1-9(15)12-4-2-3-11-7-10(8-14)5-6-13(11)12/h2-7H,1H3. The number of benzene rings is 2. The summed E-state index contributed by atoms with van der Waals surface area (Å²) in [5.41, 5.74) is 1.32. The highest BCUT2D eigenvalue weighted by Crippen LogP contribution is 2.20. The number of fused-ring (bicyclic) bond motifs is 1. The van der Waals surface area contributed by atoms with E-state index in [4.69, 9.17) is 5.26 Å². The summed E-state index contributed by atoms with van der Waals surface area (Å²) < 4.78 is 0. The number of hydrogen-bond donors (Lipinski definition) is 0. The van der Waals surface area contributed by atoms with Gasteiger partial charge in [0.2, 0.25) is 0 Å². The minimum absolute atomic E-state index is 0.0466. The van der Waals surface area contributed by atoms with Crippen LogP contribution in [-0.4, -0.2) is 5.78 Å². The summed E-state index contributed by atoms with van der Waals surface area (Å²) in [5.74, 6) is 0.0466. The largest absolute Gasteiger partial charge is 0.294 e. The summed E-state index contributed by atoms with van der Waals surface area (Å²) in [5, 5.41) is 10.6. The number of nitrogens with zero attached hydrogens (tertiary/aromatic N) is 1. The van der Waals surface area contributed by atoms with Crippen LogP contribution >= 0.6 is 0 Å². The number of Topliss-reactive ketones (excluding diaryl/α,β-unsaturated/α-hetero) is 1. The second-order valence-electron chi connectivity index (χ2n) is 3.41. The zero-order chi connectivity index (χ0) is 10.8. The lowest BCUT2D eigenvalue weighted by Gasteiger charge is -2.02. The highest BCUT2D eigenvalue weighted by atomic mass is 16.1. The monoisotopic (exact) mass is 195 g/mol. The fraction of sp³-hybridized carbons (Fsp3) is 0.0769. The quantitative estimate of drug-likeness (QED) is 0.656. The van der Waals surface area contributed by atoms with Gasteiger partial charge in [-0.05, 0) is 29.8 Å². The Labute approximate surface area is 87.8 Å². The smallest absolute Gasteiger partial charge is 0.160 e. The van der Waals surface area contributed by atoms with Crippen molar-refractivity contribution in [2.75, 3.05) is 0 Å². The van der Waals surface area contributed by atoms with E-state index in [1.165, 1.54) is 0 Å². The Morgan fingerprint density at radius 3 is 2.73 bits per heavy atom. The molecule has 0 saturated carbocycles. The highest BCUT2D eigenvalue weighted by Gasteiger charge is 2.04. The molecule has 0 aliphatic heterocycles. The van der Waals surface area contributed by atoms with Crippen molar-refractivity contribution in [2.24, 2.45) is 0 Å². The molecular formula is C13H9NO. The molecule has 2 heteroatoms. The fourth-order valence-corrected chi connectivity index (χ4v) is 1.66. The SMILES string of the molecule is CC(=O)c1cccc2cc(C#N)ccc12. The average molecular weight is 195 g/mol. The zero-order valence-corrected chi connectivity index (χ0v) is 8.32. The molecule has 0 fully saturated rings. The number of rotatable bonds is 1. The Morgan fingerprint density at radius 1 is 1.27 bits per heavy atom. The third-order valence-electron chi connectivity index (χ3n) is 2.39. The molecule has 0 unspecified atom stereocenters. The minimum Gasteiger partial charge on any atom is -0.294 e. The molecule has 0 aliphatic carbocycles. The fourth-order valence-electron chi connectivity index (χ4n) is 1.66. The van der Waals surface area contributed by atoms with Crippen molar-refractivity contribution < 1.29 is 4.79 Å². The van der Waals surface area contributed by atoms with Gasteiger partial charge in [-0.15, -0.1) is 0 Å². The third kappa shape index (κ3) is 1.60. The molecule has 2 rings (SSSR count). The van der Waals surface area contributed by atoms with E-state index in [0.29, 0.717) is 11.1 Å². The first-order chi connectivity index (χ1) is 7.22. The molecule has 0 N–H and O–H groups in total. The van der Waals surface area contributed by atoms with Gasteiger partial charge in [-0.1, -0.05) is 24.3 Å². The molecule has 2 nitrogen and oxygen atoms in total. The predicted molar refractivity (Wildman–Crippen MR) is 58.7 cm³/mol. The summed E-state index contributed by atoms with van der Waals surface area (Å²) >= 11 is 0. The summed E-state index contributed by atoms with van der Waals surface area (Å²) in [6, 6.07) is 13.0. The van der Waals surface area contributed by atoms with Crippen LogP contribution in [0.1, 0.15) is 22.8 Å². The third-order valence-corrected chi connectivity index (χ3v) is 2.39. The van der Waals surface area contributed by atoms with Crippen LogP contribution in [0.2, 0.25) is 0 Å². The van der Waals surface area contributed by atoms with Crippen LogP contribution in [0.5, 0.6) is 0 Å². The summed E-state index contributed by atoms with van der Waals surface area (Å²) in [6.45, 7) is 1.55. The first-order valence-corrected chi connectivity index (χ1v) is 4.66. The molecule has 0 aromatic heterocycles. The van der Waals surface area contributed by atoms with E-state index in [2.05, 4.69) is 6.07 Å².